The predicted molar refractivity (Wildman–Crippen MR) is 146 cm³/mol. The van der Waals surface area contributed by atoms with Crippen LogP contribution in [0.25, 0.3) is 11.1 Å². The number of nitrogens with zero attached hydrogens (tertiary/aromatic N) is 1. The second-order valence-electron chi connectivity index (χ2n) is 8.78. The van der Waals surface area contributed by atoms with Gasteiger partial charge in [0.15, 0.2) is 6.79 Å². The zero-order valence-corrected chi connectivity index (χ0v) is 21.8. The molecule has 6 nitrogen and oxygen atoms in total. The molecule has 0 fully saturated rings. The monoisotopic (exact) mass is 488 g/mol. The molecule has 0 bridgehead atoms. The highest BCUT2D eigenvalue weighted by atomic mass is 16.7. The van der Waals surface area contributed by atoms with Crippen molar-refractivity contribution in [1.29, 1.82) is 0 Å². The lowest BCUT2D eigenvalue weighted by molar-refractivity contribution is -0.111. The third kappa shape index (κ3) is 7.70. The van der Waals surface area contributed by atoms with Crippen molar-refractivity contribution in [2.24, 2.45) is 0 Å². The van der Waals surface area contributed by atoms with Crippen LogP contribution in [0, 0.1) is 6.92 Å². The van der Waals surface area contributed by atoms with Crippen molar-refractivity contribution < 1.29 is 19.0 Å². The fourth-order valence-electron chi connectivity index (χ4n) is 3.82. The molecule has 0 unspecified atom stereocenters. The molecule has 0 atom stereocenters. The van der Waals surface area contributed by atoms with Gasteiger partial charge < -0.3 is 24.4 Å². The number of aryl methyl sites for hydroxylation is 1. The van der Waals surface area contributed by atoms with Gasteiger partial charge >= 0.3 is 0 Å². The summed E-state index contributed by atoms with van der Waals surface area (Å²) in [5.41, 5.74) is 5.31. The van der Waals surface area contributed by atoms with Crippen LogP contribution in [0.3, 0.4) is 0 Å². The van der Waals surface area contributed by atoms with E-state index in [1.807, 2.05) is 68.7 Å². The van der Waals surface area contributed by atoms with E-state index in [0.29, 0.717) is 30.0 Å². The smallest absolute Gasteiger partial charge is 0.256 e. The van der Waals surface area contributed by atoms with Gasteiger partial charge in [0, 0.05) is 19.3 Å². The van der Waals surface area contributed by atoms with Gasteiger partial charge in [-0.15, -0.1) is 0 Å². The highest BCUT2D eigenvalue weighted by molar-refractivity contribution is 6.31. The number of anilines is 1. The van der Waals surface area contributed by atoms with Crippen molar-refractivity contribution in [3.05, 3.63) is 89.5 Å². The first-order valence-electron chi connectivity index (χ1n) is 12.1. The van der Waals surface area contributed by atoms with E-state index in [1.165, 1.54) is 0 Å². The topological polar surface area (TPSA) is 60.0 Å². The Hall–Kier alpha value is -3.61. The van der Waals surface area contributed by atoms with Crippen LogP contribution >= 0.6 is 0 Å². The van der Waals surface area contributed by atoms with E-state index in [4.69, 9.17) is 14.2 Å². The van der Waals surface area contributed by atoms with Crippen LogP contribution in [0.1, 0.15) is 30.0 Å². The van der Waals surface area contributed by atoms with Gasteiger partial charge in [0.1, 0.15) is 18.1 Å². The molecule has 6 heteroatoms. The lowest BCUT2D eigenvalue weighted by atomic mass is 9.91. The van der Waals surface area contributed by atoms with Gasteiger partial charge in [-0.05, 0) is 80.5 Å². The standard InChI is InChI=1S/C30H36N2O4/c1-6-28(24-9-7-8-22(2)20-24)29(23-10-14-27(15-11-23)36-21-34-5)30(33)31-25-12-16-26(17-13-25)35-19-18-32(3)4/h7-17,20H,6,18-19,21H2,1-5H3,(H,31,33)/b29-28+. The van der Waals surface area contributed by atoms with Crippen LogP contribution in [0.4, 0.5) is 5.69 Å². The van der Waals surface area contributed by atoms with Gasteiger partial charge in [-0.1, -0.05) is 48.9 Å². The minimum atomic E-state index is -0.166. The largest absolute Gasteiger partial charge is 0.492 e. The number of allylic oxidation sites excluding steroid dienone is 1. The SMILES string of the molecule is CC/C(=C(\C(=O)Nc1ccc(OCCN(C)C)cc1)c1ccc(OCOC)cc1)c1cccc(C)c1. The average Bonchev–Trinajstić information content (AvgIpc) is 2.87. The number of hydrogen-bond donors (Lipinski definition) is 1. The van der Waals surface area contributed by atoms with E-state index in [0.717, 1.165) is 34.6 Å². The van der Waals surface area contributed by atoms with Crippen molar-refractivity contribution in [2.45, 2.75) is 20.3 Å². The fourth-order valence-corrected chi connectivity index (χ4v) is 3.82. The van der Waals surface area contributed by atoms with E-state index in [9.17, 15) is 4.79 Å². The maximum absolute atomic E-state index is 13.7. The Kier molecular flexibility index (Phi) is 10.1. The van der Waals surface area contributed by atoms with Crippen molar-refractivity contribution in [2.75, 3.05) is 46.5 Å². The molecular formula is C30H36N2O4. The Morgan fingerprint density at radius 2 is 1.56 bits per heavy atom. The first-order chi connectivity index (χ1) is 17.4. The van der Waals surface area contributed by atoms with Crippen LogP contribution in [0.2, 0.25) is 0 Å². The highest BCUT2D eigenvalue weighted by Gasteiger charge is 2.19. The van der Waals surface area contributed by atoms with Crippen molar-refractivity contribution in [3.63, 3.8) is 0 Å². The number of ether oxygens (including phenoxy) is 3. The Morgan fingerprint density at radius 3 is 2.17 bits per heavy atom. The first kappa shape index (κ1) is 27.0. The number of nitrogens with one attached hydrogen (secondary N) is 1. The molecule has 3 rings (SSSR count). The summed E-state index contributed by atoms with van der Waals surface area (Å²) in [5, 5.41) is 3.08. The molecule has 0 aliphatic carbocycles. The number of amides is 1. The van der Waals surface area contributed by atoms with Crippen molar-refractivity contribution >= 4 is 22.7 Å². The summed E-state index contributed by atoms with van der Waals surface area (Å²) < 4.78 is 16.3. The van der Waals surface area contributed by atoms with Crippen LogP contribution in [-0.2, 0) is 9.53 Å². The lowest BCUT2D eigenvalue weighted by Crippen LogP contribution is -2.19. The predicted octanol–water partition coefficient (Wildman–Crippen LogP) is 5.88. The number of benzene rings is 3. The molecule has 0 spiro atoms. The minimum absolute atomic E-state index is 0.166. The zero-order valence-electron chi connectivity index (χ0n) is 21.8. The zero-order chi connectivity index (χ0) is 25.9. The normalized spacial score (nSPS) is 11.7. The lowest BCUT2D eigenvalue weighted by Gasteiger charge is -2.17. The molecule has 0 radical (unpaired) electrons. The summed E-state index contributed by atoms with van der Waals surface area (Å²) >= 11 is 0. The third-order valence-corrected chi connectivity index (χ3v) is 5.65. The minimum Gasteiger partial charge on any atom is -0.492 e. The van der Waals surface area contributed by atoms with E-state index in [-0.39, 0.29) is 12.7 Å². The molecule has 3 aromatic carbocycles. The first-order valence-corrected chi connectivity index (χ1v) is 12.1. The van der Waals surface area contributed by atoms with Crippen LogP contribution in [0.5, 0.6) is 11.5 Å². The quantitative estimate of drug-likeness (QED) is 0.196. The number of hydrogen-bond acceptors (Lipinski definition) is 5. The van der Waals surface area contributed by atoms with Crippen molar-refractivity contribution in [1.82, 2.24) is 4.90 Å². The average molecular weight is 489 g/mol. The van der Waals surface area contributed by atoms with Gasteiger partial charge in [-0.3, -0.25) is 4.79 Å². The Labute approximate surface area is 214 Å². The molecular weight excluding hydrogens is 452 g/mol. The number of rotatable bonds is 12. The third-order valence-electron chi connectivity index (χ3n) is 5.65. The molecule has 190 valence electrons. The molecule has 0 saturated heterocycles. The van der Waals surface area contributed by atoms with Crippen LogP contribution in [-0.4, -0.2) is 52.0 Å². The van der Waals surface area contributed by atoms with E-state index >= 15 is 0 Å². The number of carbonyl (C=O) groups excluding carboxylic acids is 1. The number of carbonyl (C=O) groups is 1. The maximum Gasteiger partial charge on any atom is 0.256 e. The second kappa shape index (κ2) is 13.5. The molecule has 0 aliphatic rings. The molecule has 3 aromatic rings. The molecule has 36 heavy (non-hydrogen) atoms. The summed E-state index contributed by atoms with van der Waals surface area (Å²) in [7, 11) is 5.60. The summed E-state index contributed by atoms with van der Waals surface area (Å²) in [4.78, 5) is 15.8. The van der Waals surface area contributed by atoms with E-state index in [1.54, 1.807) is 7.11 Å². The molecule has 0 heterocycles. The van der Waals surface area contributed by atoms with Gasteiger partial charge in [-0.2, -0.15) is 0 Å². The Balaban J connectivity index is 1.91. The summed E-state index contributed by atoms with van der Waals surface area (Å²) in [5.74, 6) is 1.28. The Morgan fingerprint density at radius 1 is 0.889 bits per heavy atom. The summed E-state index contributed by atoms with van der Waals surface area (Å²) in [6, 6.07) is 23.2. The number of likely N-dealkylation sites (N-methyl/N-ethyl adjacent to an activating group) is 1. The van der Waals surface area contributed by atoms with Crippen molar-refractivity contribution in [3.8, 4) is 11.5 Å². The maximum atomic E-state index is 13.7. The molecule has 0 aromatic heterocycles. The summed E-state index contributed by atoms with van der Waals surface area (Å²) in [6.45, 7) is 5.73. The molecule has 1 N–H and O–H groups in total. The van der Waals surface area contributed by atoms with E-state index in [2.05, 4.69) is 42.3 Å². The van der Waals surface area contributed by atoms with Gasteiger partial charge in [0.25, 0.3) is 5.91 Å². The van der Waals surface area contributed by atoms with Gasteiger partial charge in [-0.25, -0.2) is 0 Å². The van der Waals surface area contributed by atoms with E-state index < -0.39 is 0 Å². The van der Waals surface area contributed by atoms with Crippen LogP contribution < -0.4 is 14.8 Å². The van der Waals surface area contributed by atoms with Crippen LogP contribution in [0.15, 0.2) is 72.8 Å². The summed E-state index contributed by atoms with van der Waals surface area (Å²) in [6.07, 6.45) is 0.701. The molecule has 0 aliphatic heterocycles. The number of methoxy groups -OCH3 is 1. The molecule has 1 amide bonds. The second-order valence-corrected chi connectivity index (χ2v) is 8.78. The Bertz CT molecular complexity index is 1150. The molecule has 0 saturated carbocycles. The van der Waals surface area contributed by atoms with Gasteiger partial charge in [0.05, 0.1) is 5.57 Å². The van der Waals surface area contributed by atoms with Gasteiger partial charge in [0.2, 0.25) is 0 Å². The highest BCUT2D eigenvalue weighted by Crippen LogP contribution is 2.32. The fraction of sp³-hybridized carbons (Fsp3) is 0.300.